The first-order valence-electron chi connectivity index (χ1n) is 9.92. The zero-order chi connectivity index (χ0) is 19.9. The number of H-pyrrole nitrogens is 1. The number of nitrogens with zero attached hydrogens (tertiary/aromatic N) is 3. The van der Waals surface area contributed by atoms with Gasteiger partial charge in [0.2, 0.25) is 0 Å². The zero-order valence-electron chi connectivity index (χ0n) is 17.0. The summed E-state index contributed by atoms with van der Waals surface area (Å²) in [6.45, 7) is 10.0. The fraction of sp³-hybridized carbons (Fsp3) is 0.650. The standard InChI is InChI=1S/C20H29N5O3/c1-13-16(23-18(26)28-19(2,3)4)20(12-27-13)6-9-25(10-7-20)17-14-11-22-24-15(14)5-8-21-17/h5,8,11,13,16H,6-7,9-10,12H2,1-4H3,(H,22,24)(H,23,26)/t13-,16+/m0/s1. The Hall–Kier alpha value is -2.35. The number of fused-ring (bicyclic) bond motifs is 1. The van der Waals surface area contributed by atoms with Crippen LogP contribution in [0.2, 0.25) is 0 Å². The third kappa shape index (κ3) is 3.53. The first-order valence-corrected chi connectivity index (χ1v) is 9.92. The van der Waals surface area contributed by atoms with Crippen LogP contribution in [0, 0.1) is 5.41 Å². The monoisotopic (exact) mass is 387 g/mol. The molecule has 2 aromatic heterocycles. The van der Waals surface area contributed by atoms with E-state index in [1.54, 1.807) is 0 Å². The lowest BCUT2D eigenvalue weighted by molar-refractivity contribution is 0.0434. The number of aromatic nitrogens is 3. The molecule has 1 amide bonds. The molecular weight excluding hydrogens is 358 g/mol. The van der Waals surface area contributed by atoms with Gasteiger partial charge in [0.15, 0.2) is 0 Å². The molecular formula is C20H29N5O3. The molecule has 2 aliphatic rings. The summed E-state index contributed by atoms with van der Waals surface area (Å²) in [4.78, 5) is 19.3. The van der Waals surface area contributed by atoms with Gasteiger partial charge in [-0.05, 0) is 46.6 Å². The Morgan fingerprint density at radius 3 is 2.86 bits per heavy atom. The van der Waals surface area contributed by atoms with Crippen molar-refractivity contribution in [1.82, 2.24) is 20.5 Å². The summed E-state index contributed by atoms with van der Waals surface area (Å²) >= 11 is 0. The second-order valence-electron chi connectivity index (χ2n) is 8.96. The molecule has 2 aromatic rings. The number of ether oxygens (including phenoxy) is 2. The number of carbonyl (C=O) groups excluding carboxylic acids is 1. The molecule has 1 spiro atoms. The number of rotatable bonds is 2. The lowest BCUT2D eigenvalue weighted by Gasteiger charge is -2.43. The van der Waals surface area contributed by atoms with Gasteiger partial charge < -0.3 is 19.7 Å². The summed E-state index contributed by atoms with van der Waals surface area (Å²) in [5.74, 6) is 0.963. The zero-order valence-corrected chi connectivity index (χ0v) is 17.0. The van der Waals surface area contributed by atoms with E-state index in [1.165, 1.54) is 0 Å². The van der Waals surface area contributed by atoms with Crippen LogP contribution in [0.15, 0.2) is 18.5 Å². The maximum atomic E-state index is 12.4. The van der Waals surface area contributed by atoms with Gasteiger partial charge in [-0.15, -0.1) is 0 Å². The minimum atomic E-state index is -0.516. The fourth-order valence-corrected chi connectivity index (χ4v) is 4.41. The number of amides is 1. The number of carbonyl (C=O) groups is 1. The summed E-state index contributed by atoms with van der Waals surface area (Å²) in [7, 11) is 0. The van der Waals surface area contributed by atoms with E-state index >= 15 is 0 Å². The first-order chi connectivity index (χ1) is 13.3. The van der Waals surface area contributed by atoms with Gasteiger partial charge in [0.05, 0.1) is 35.9 Å². The van der Waals surface area contributed by atoms with Gasteiger partial charge in [-0.25, -0.2) is 9.78 Å². The van der Waals surface area contributed by atoms with Crippen molar-refractivity contribution in [3.05, 3.63) is 18.5 Å². The Morgan fingerprint density at radius 2 is 2.14 bits per heavy atom. The molecule has 4 rings (SSSR count). The average Bonchev–Trinajstić information content (AvgIpc) is 3.22. The molecule has 0 bridgehead atoms. The van der Waals surface area contributed by atoms with Gasteiger partial charge in [0.25, 0.3) is 0 Å². The van der Waals surface area contributed by atoms with E-state index < -0.39 is 5.60 Å². The molecule has 4 heterocycles. The van der Waals surface area contributed by atoms with Crippen molar-refractivity contribution >= 4 is 22.8 Å². The van der Waals surface area contributed by atoms with Crippen molar-refractivity contribution < 1.29 is 14.3 Å². The lowest BCUT2D eigenvalue weighted by atomic mass is 9.73. The molecule has 0 aromatic carbocycles. The van der Waals surface area contributed by atoms with Crippen LogP contribution in [0.25, 0.3) is 10.9 Å². The molecule has 0 radical (unpaired) electrons. The van der Waals surface area contributed by atoms with Gasteiger partial charge >= 0.3 is 6.09 Å². The number of alkyl carbamates (subject to hydrolysis) is 1. The van der Waals surface area contributed by atoms with Crippen LogP contribution in [-0.2, 0) is 9.47 Å². The van der Waals surface area contributed by atoms with Crippen LogP contribution < -0.4 is 10.2 Å². The molecule has 0 unspecified atom stereocenters. The molecule has 152 valence electrons. The average molecular weight is 387 g/mol. The van der Waals surface area contributed by atoms with E-state index in [-0.39, 0.29) is 23.7 Å². The Kier molecular flexibility index (Phi) is 4.69. The molecule has 2 atom stereocenters. The first kappa shape index (κ1) is 19.0. The molecule has 8 nitrogen and oxygen atoms in total. The van der Waals surface area contributed by atoms with Crippen LogP contribution in [0.3, 0.4) is 0 Å². The largest absolute Gasteiger partial charge is 0.444 e. The topological polar surface area (TPSA) is 92.4 Å². The number of aromatic amines is 1. The van der Waals surface area contributed by atoms with Crippen molar-refractivity contribution in [3.63, 3.8) is 0 Å². The van der Waals surface area contributed by atoms with Gasteiger partial charge in [-0.3, -0.25) is 5.10 Å². The Labute approximate surface area is 165 Å². The second-order valence-corrected chi connectivity index (χ2v) is 8.96. The Morgan fingerprint density at radius 1 is 1.39 bits per heavy atom. The number of anilines is 1. The summed E-state index contributed by atoms with van der Waals surface area (Å²) < 4.78 is 11.4. The molecule has 2 aliphatic heterocycles. The smallest absolute Gasteiger partial charge is 0.407 e. The SMILES string of the molecule is C[C@@H]1OCC2(CCN(c3nccc4[nH]ncc34)CC2)[C@@H]1NC(=O)OC(C)(C)C. The number of hydrogen-bond acceptors (Lipinski definition) is 6. The van der Waals surface area contributed by atoms with Crippen molar-refractivity contribution in [1.29, 1.82) is 0 Å². The quantitative estimate of drug-likeness (QED) is 0.823. The number of pyridine rings is 1. The highest BCUT2D eigenvalue weighted by Gasteiger charge is 2.50. The Balaban J connectivity index is 1.47. The number of nitrogens with one attached hydrogen (secondary N) is 2. The highest BCUT2D eigenvalue weighted by atomic mass is 16.6. The van der Waals surface area contributed by atoms with Crippen LogP contribution >= 0.6 is 0 Å². The third-order valence-electron chi connectivity index (χ3n) is 5.84. The molecule has 0 aliphatic carbocycles. The fourth-order valence-electron chi connectivity index (χ4n) is 4.41. The Bertz CT molecular complexity index is 851. The second kappa shape index (κ2) is 6.92. The summed E-state index contributed by atoms with van der Waals surface area (Å²) in [5, 5.41) is 11.3. The minimum absolute atomic E-state index is 0.0329. The van der Waals surface area contributed by atoms with E-state index in [0.717, 1.165) is 42.7 Å². The lowest BCUT2D eigenvalue weighted by Crippen LogP contribution is -2.55. The van der Waals surface area contributed by atoms with Gasteiger partial charge in [0.1, 0.15) is 11.4 Å². The third-order valence-corrected chi connectivity index (χ3v) is 5.84. The van der Waals surface area contributed by atoms with E-state index in [4.69, 9.17) is 9.47 Å². The predicted octanol–water partition coefficient (Wildman–Crippen LogP) is 2.86. The summed E-state index contributed by atoms with van der Waals surface area (Å²) in [5.41, 5.74) is 0.405. The van der Waals surface area contributed by atoms with Gasteiger partial charge in [-0.1, -0.05) is 0 Å². The minimum Gasteiger partial charge on any atom is -0.444 e. The highest BCUT2D eigenvalue weighted by Crippen LogP contribution is 2.43. The van der Waals surface area contributed by atoms with E-state index in [9.17, 15) is 4.79 Å². The predicted molar refractivity (Wildman–Crippen MR) is 106 cm³/mol. The number of hydrogen-bond donors (Lipinski definition) is 2. The maximum absolute atomic E-state index is 12.4. The normalized spacial score (nSPS) is 24.6. The summed E-state index contributed by atoms with van der Waals surface area (Å²) in [6.07, 6.45) is 5.08. The molecule has 2 fully saturated rings. The van der Waals surface area contributed by atoms with Crippen molar-refractivity contribution in [2.75, 3.05) is 24.6 Å². The number of piperidine rings is 1. The summed E-state index contributed by atoms with van der Waals surface area (Å²) in [6, 6.07) is 1.88. The van der Waals surface area contributed by atoms with Gasteiger partial charge in [0, 0.05) is 24.7 Å². The molecule has 2 N–H and O–H groups in total. The maximum Gasteiger partial charge on any atom is 0.407 e. The molecule has 28 heavy (non-hydrogen) atoms. The van der Waals surface area contributed by atoms with Crippen LogP contribution in [-0.4, -0.2) is 58.7 Å². The van der Waals surface area contributed by atoms with Crippen LogP contribution in [0.4, 0.5) is 10.6 Å². The highest BCUT2D eigenvalue weighted by molar-refractivity contribution is 5.88. The molecule has 8 heteroatoms. The molecule has 0 saturated carbocycles. The van der Waals surface area contributed by atoms with E-state index in [0.29, 0.717) is 6.61 Å². The van der Waals surface area contributed by atoms with Crippen LogP contribution in [0.5, 0.6) is 0 Å². The van der Waals surface area contributed by atoms with E-state index in [2.05, 4.69) is 25.4 Å². The van der Waals surface area contributed by atoms with Crippen molar-refractivity contribution in [3.8, 4) is 0 Å². The molecule has 2 saturated heterocycles. The van der Waals surface area contributed by atoms with Crippen molar-refractivity contribution in [2.45, 2.75) is 58.3 Å². The van der Waals surface area contributed by atoms with Crippen LogP contribution in [0.1, 0.15) is 40.5 Å². The van der Waals surface area contributed by atoms with Gasteiger partial charge in [-0.2, -0.15) is 5.10 Å². The van der Waals surface area contributed by atoms with E-state index in [1.807, 2.05) is 46.2 Å². The van der Waals surface area contributed by atoms with Crippen molar-refractivity contribution in [2.24, 2.45) is 5.41 Å².